The van der Waals surface area contributed by atoms with E-state index >= 15 is 0 Å². The molecule has 2 amide bonds. The minimum absolute atomic E-state index is 0.0684. The number of piperidine rings is 1. The van der Waals surface area contributed by atoms with Gasteiger partial charge in [-0.3, -0.25) is 9.59 Å². The van der Waals surface area contributed by atoms with Crippen molar-refractivity contribution in [1.29, 1.82) is 0 Å². The number of esters is 1. The predicted molar refractivity (Wildman–Crippen MR) is 99.9 cm³/mol. The number of aryl methyl sites for hydroxylation is 1. The van der Waals surface area contributed by atoms with E-state index in [9.17, 15) is 14.4 Å². The van der Waals surface area contributed by atoms with E-state index in [0.717, 1.165) is 18.4 Å². The van der Waals surface area contributed by atoms with Gasteiger partial charge in [-0.2, -0.15) is 0 Å². The van der Waals surface area contributed by atoms with Crippen LogP contribution in [-0.2, 0) is 14.3 Å². The molecule has 1 fully saturated rings. The van der Waals surface area contributed by atoms with E-state index in [2.05, 4.69) is 5.32 Å². The summed E-state index contributed by atoms with van der Waals surface area (Å²) in [5.41, 5.74) is 1.40. The van der Waals surface area contributed by atoms with Crippen molar-refractivity contribution in [3.05, 3.63) is 29.3 Å². The predicted octanol–water partition coefficient (Wildman–Crippen LogP) is 3.00. The van der Waals surface area contributed by atoms with Crippen LogP contribution >= 0.6 is 0 Å². The normalized spacial score (nSPS) is 17.6. The maximum absolute atomic E-state index is 12.7. The summed E-state index contributed by atoms with van der Waals surface area (Å²) in [6, 6.07) is 5.07. The Morgan fingerprint density at radius 3 is 2.54 bits per heavy atom. The monoisotopic (exact) mass is 360 g/mol. The summed E-state index contributed by atoms with van der Waals surface area (Å²) in [5.74, 6) is -0.753. The lowest BCUT2D eigenvalue weighted by atomic mass is 9.91. The van der Waals surface area contributed by atoms with Crippen molar-refractivity contribution in [2.45, 2.75) is 40.5 Å². The number of anilines is 1. The number of methoxy groups -OCH3 is 1. The topological polar surface area (TPSA) is 75.7 Å². The Balaban J connectivity index is 2.10. The van der Waals surface area contributed by atoms with Crippen molar-refractivity contribution >= 4 is 23.5 Å². The number of carbonyl (C=O) groups is 3. The smallest absolute Gasteiger partial charge is 0.337 e. The van der Waals surface area contributed by atoms with E-state index in [1.807, 2.05) is 27.7 Å². The third kappa shape index (κ3) is 4.62. The van der Waals surface area contributed by atoms with Crippen LogP contribution < -0.4 is 5.32 Å². The maximum Gasteiger partial charge on any atom is 0.337 e. The van der Waals surface area contributed by atoms with Gasteiger partial charge >= 0.3 is 5.97 Å². The molecule has 2 rings (SSSR count). The Morgan fingerprint density at radius 2 is 1.92 bits per heavy atom. The Labute approximate surface area is 154 Å². The molecule has 1 N–H and O–H groups in total. The molecule has 0 aliphatic carbocycles. The molecular formula is C20H28N2O4. The molecule has 0 aromatic heterocycles. The van der Waals surface area contributed by atoms with E-state index in [0.29, 0.717) is 24.3 Å². The van der Waals surface area contributed by atoms with Gasteiger partial charge in [0.15, 0.2) is 0 Å². The number of ether oxygens (including phenoxy) is 1. The first-order valence-electron chi connectivity index (χ1n) is 8.92. The van der Waals surface area contributed by atoms with E-state index in [1.165, 1.54) is 7.11 Å². The van der Waals surface area contributed by atoms with Crippen LogP contribution in [0.4, 0.5) is 5.69 Å². The number of benzene rings is 1. The van der Waals surface area contributed by atoms with Crippen molar-refractivity contribution in [3.8, 4) is 0 Å². The minimum atomic E-state index is -0.455. The standard InChI is InChI=1S/C20H28N2O4/c1-13-8-9-14(18(24)26-5)11-16(13)21-17(23)15-7-6-10-22(12-15)19(25)20(2,3)4/h8-9,11,15H,6-7,10,12H2,1-5H3,(H,21,23). The summed E-state index contributed by atoms with van der Waals surface area (Å²) < 4.78 is 4.73. The van der Waals surface area contributed by atoms with Crippen LogP contribution in [0, 0.1) is 18.3 Å². The molecule has 1 heterocycles. The first-order valence-corrected chi connectivity index (χ1v) is 8.92. The van der Waals surface area contributed by atoms with Gasteiger partial charge in [-0.05, 0) is 37.5 Å². The van der Waals surface area contributed by atoms with Gasteiger partial charge in [0, 0.05) is 24.2 Å². The van der Waals surface area contributed by atoms with Gasteiger partial charge < -0.3 is 15.0 Å². The summed E-state index contributed by atoms with van der Waals surface area (Å²) in [4.78, 5) is 38.7. The van der Waals surface area contributed by atoms with Crippen molar-refractivity contribution in [2.24, 2.45) is 11.3 Å². The summed E-state index contributed by atoms with van der Waals surface area (Å²) in [5, 5.41) is 2.91. The number of likely N-dealkylation sites (tertiary alicyclic amines) is 1. The molecule has 6 nitrogen and oxygen atoms in total. The number of carbonyl (C=O) groups excluding carboxylic acids is 3. The number of hydrogen-bond donors (Lipinski definition) is 1. The van der Waals surface area contributed by atoms with Crippen molar-refractivity contribution in [2.75, 3.05) is 25.5 Å². The molecular weight excluding hydrogens is 332 g/mol. The second-order valence-electron chi connectivity index (χ2n) is 7.85. The molecule has 26 heavy (non-hydrogen) atoms. The van der Waals surface area contributed by atoms with Crippen LogP contribution in [-0.4, -0.2) is 42.9 Å². The average molecular weight is 360 g/mol. The van der Waals surface area contributed by atoms with Crippen LogP contribution in [0.2, 0.25) is 0 Å². The molecule has 1 aromatic carbocycles. The molecule has 1 atom stereocenters. The first kappa shape index (κ1) is 19.9. The number of nitrogens with one attached hydrogen (secondary N) is 1. The average Bonchev–Trinajstić information content (AvgIpc) is 2.61. The van der Waals surface area contributed by atoms with Crippen molar-refractivity contribution in [3.63, 3.8) is 0 Å². The third-order valence-electron chi connectivity index (χ3n) is 4.64. The fourth-order valence-electron chi connectivity index (χ4n) is 3.09. The van der Waals surface area contributed by atoms with E-state index in [-0.39, 0.29) is 17.7 Å². The molecule has 1 aromatic rings. The number of hydrogen-bond acceptors (Lipinski definition) is 4. The van der Waals surface area contributed by atoms with E-state index < -0.39 is 11.4 Å². The van der Waals surface area contributed by atoms with Crippen LogP contribution in [0.25, 0.3) is 0 Å². The summed E-state index contributed by atoms with van der Waals surface area (Å²) in [6.45, 7) is 8.66. The van der Waals surface area contributed by atoms with Crippen LogP contribution in [0.1, 0.15) is 49.5 Å². The minimum Gasteiger partial charge on any atom is -0.465 e. The van der Waals surface area contributed by atoms with E-state index in [4.69, 9.17) is 4.74 Å². The van der Waals surface area contributed by atoms with E-state index in [1.54, 1.807) is 23.1 Å². The molecule has 1 aliphatic heterocycles. The molecule has 0 bridgehead atoms. The summed E-state index contributed by atoms with van der Waals surface area (Å²) in [6.07, 6.45) is 1.55. The summed E-state index contributed by atoms with van der Waals surface area (Å²) in [7, 11) is 1.32. The number of nitrogens with zero attached hydrogens (tertiary/aromatic N) is 1. The number of amides is 2. The fraction of sp³-hybridized carbons (Fsp3) is 0.550. The molecule has 0 saturated carbocycles. The zero-order valence-electron chi connectivity index (χ0n) is 16.2. The van der Waals surface area contributed by atoms with Gasteiger partial charge in [0.05, 0.1) is 18.6 Å². The third-order valence-corrected chi connectivity index (χ3v) is 4.64. The second kappa shape index (κ2) is 7.89. The summed E-state index contributed by atoms with van der Waals surface area (Å²) >= 11 is 0. The fourth-order valence-corrected chi connectivity index (χ4v) is 3.09. The molecule has 0 radical (unpaired) electrons. The Morgan fingerprint density at radius 1 is 1.23 bits per heavy atom. The highest BCUT2D eigenvalue weighted by Crippen LogP contribution is 2.25. The molecule has 0 spiro atoms. The zero-order chi connectivity index (χ0) is 19.5. The van der Waals surface area contributed by atoms with Gasteiger partial charge in [-0.25, -0.2) is 4.79 Å². The van der Waals surface area contributed by atoms with Gasteiger partial charge in [-0.15, -0.1) is 0 Å². The van der Waals surface area contributed by atoms with Gasteiger partial charge in [0.1, 0.15) is 0 Å². The highest BCUT2D eigenvalue weighted by atomic mass is 16.5. The largest absolute Gasteiger partial charge is 0.465 e. The second-order valence-corrected chi connectivity index (χ2v) is 7.85. The maximum atomic E-state index is 12.7. The Kier molecular flexibility index (Phi) is 6.05. The van der Waals surface area contributed by atoms with Crippen molar-refractivity contribution in [1.82, 2.24) is 4.90 Å². The van der Waals surface area contributed by atoms with Crippen molar-refractivity contribution < 1.29 is 19.1 Å². The lowest BCUT2D eigenvalue weighted by molar-refractivity contribution is -0.142. The molecule has 1 aliphatic rings. The number of rotatable bonds is 3. The van der Waals surface area contributed by atoms with Gasteiger partial charge in [0.2, 0.25) is 11.8 Å². The molecule has 6 heteroatoms. The molecule has 1 unspecified atom stereocenters. The first-order chi connectivity index (χ1) is 12.1. The quantitative estimate of drug-likeness (QED) is 0.841. The Bertz CT molecular complexity index is 706. The van der Waals surface area contributed by atoms with Gasteiger partial charge in [0.25, 0.3) is 0 Å². The lowest BCUT2D eigenvalue weighted by Gasteiger charge is -2.36. The zero-order valence-corrected chi connectivity index (χ0v) is 16.2. The lowest BCUT2D eigenvalue weighted by Crippen LogP contribution is -2.47. The van der Waals surface area contributed by atoms with Crippen LogP contribution in [0.3, 0.4) is 0 Å². The highest BCUT2D eigenvalue weighted by Gasteiger charge is 2.33. The van der Waals surface area contributed by atoms with Crippen LogP contribution in [0.15, 0.2) is 18.2 Å². The SMILES string of the molecule is COC(=O)c1ccc(C)c(NC(=O)C2CCCN(C(=O)C(C)(C)C)C2)c1. The highest BCUT2D eigenvalue weighted by molar-refractivity contribution is 5.96. The van der Waals surface area contributed by atoms with Gasteiger partial charge in [-0.1, -0.05) is 26.8 Å². The molecule has 1 saturated heterocycles. The molecule has 142 valence electrons. The van der Waals surface area contributed by atoms with Crippen LogP contribution in [0.5, 0.6) is 0 Å². The Hall–Kier alpha value is -2.37.